The summed E-state index contributed by atoms with van der Waals surface area (Å²) in [5, 5.41) is 17.9. The van der Waals surface area contributed by atoms with Gasteiger partial charge >= 0.3 is 0 Å². The number of rotatable bonds is 2. The van der Waals surface area contributed by atoms with E-state index >= 15 is 0 Å². The molecule has 102 valence electrons. The van der Waals surface area contributed by atoms with Crippen LogP contribution in [-0.2, 0) is 4.79 Å². The maximum absolute atomic E-state index is 11.0. The summed E-state index contributed by atoms with van der Waals surface area (Å²) < 4.78 is 0. The lowest BCUT2D eigenvalue weighted by molar-refractivity contribution is -0.114. The third-order valence-electron chi connectivity index (χ3n) is 2.79. The van der Waals surface area contributed by atoms with Crippen molar-refractivity contribution < 1.29 is 4.79 Å². The second kappa shape index (κ2) is 5.59. The molecule has 0 radical (unpaired) electrons. The number of thiocarbonyl (C=S) groups is 1. The highest BCUT2D eigenvalue weighted by molar-refractivity contribution is 7.80. The van der Waals surface area contributed by atoms with Crippen LogP contribution in [0.4, 0.5) is 5.69 Å². The fourth-order valence-electron chi connectivity index (χ4n) is 1.92. The van der Waals surface area contributed by atoms with Crippen molar-refractivity contribution in [3.8, 4) is 6.07 Å². The van der Waals surface area contributed by atoms with Crippen molar-refractivity contribution in [2.45, 2.75) is 13.0 Å². The normalized spacial score (nSPS) is 17.8. The molecule has 1 unspecified atom stereocenters. The molecule has 1 atom stereocenters. The number of carbonyl (C=O) groups is 1. The highest BCUT2D eigenvalue weighted by Gasteiger charge is 2.25. The van der Waals surface area contributed by atoms with Gasteiger partial charge in [-0.1, -0.05) is 12.1 Å². The second-order valence-electron chi connectivity index (χ2n) is 4.27. The van der Waals surface area contributed by atoms with Gasteiger partial charge in [-0.3, -0.25) is 4.79 Å². The molecule has 0 aromatic heterocycles. The molecule has 20 heavy (non-hydrogen) atoms. The van der Waals surface area contributed by atoms with Gasteiger partial charge in [0.15, 0.2) is 5.11 Å². The lowest BCUT2D eigenvalue weighted by Gasteiger charge is -2.27. The van der Waals surface area contributed by atoms with E-state index in [9.17, 15) is 10.1 Å². The Hall–Kier alpha value is -2.59. The Kier molecular flexibility index (Phi) is 3.86. The Morgan fingerprint density at radius 1 is 1.45 bits per heavy atom. The number of nitrogens with two attached hydrogens (primary N) is 1. The Labute approximate surface area is 121 Å². The van der Waals surface area contributed by atoms with Gasteiger partial charge in [0.25, 0.3) is 0 Å². The average Bonchev–Trinajstić information content (AvgIpc) is 2.38. The third-order valence-corrected chi connectivity index (χ3v) is 3.01. The van der Waals surface area contributed by atoms with Crippen LogP contribution >= 0.6 is 12.2 Å². The van der Waals surface area contributed by atoms with Gasteiger partial charge in [0.2, 0.25) is 5.91 Å². The largest absolute Gasteiger partial charge is 0.384 e. The van der Waals surface area contributed by atoms with Gasteiger partial charge in [0.1, 0.15) is 11.9 Å². The Balaban J connectivity index is 2.31. The standard InChI is InChI=1S/C13H13N5OS/c1-7(19)16-9-4-2-8(3-5-9)11-10(6-14)12(15)18-13(20)17-11/h2-5,11H,15H2,1H3,(H,16,19)(H2,17,18,20). The first-order chi connectivity index (χ1) is 9.51. The number of carbonyl (C=O) groups excluding carboxylic acids is 1. The van der Waals surface area contributed by atoms with Gasteiger partial charge in [-0.25, -0.2) is 0 Å². The molecule has 0 saturated carbocycles. The highest BCUT2D eigenvalue weighted by atomic mass is 32.1. The van der Waals surface area contributed by atoms with Gasteiger partial charge in [-0.15, -0.1) is 0 Å². The second-order valence-corrected chi connectivity index (χ2v) is 4.68. The van der Waals surface area contributed by atoms with Gasteiger partial charge in [0, 0.05) is 12.6 Å². The van der Waals surface area contributed by atoms with Gasteiger partial charge < -0.3 is 21.7 Å². The molecule has 1 heterocycles. The molecular formula is C13H13N5OS. The van der Waals surface area contributed by atoms with Crippen molar-refractivity contribution in [2.75, 3.05) is 5.32 Å². The van der Waals surface area contributed by atoms with Gasteiger partial charge in [0.05, 0.1) is 11.6 Å². The van der Waals surface area contributed by atoms with Crippen LogP contribution in [0, 0.1) is 11.3 Å². The van der Waals surface area contributed by atoms with Crippen molar-refractivity contribution in [1.29, 1.82) is 5.26 Å². The molecule has 0 spiro atoms. The quantitative estimate of drug-likeness (QED) is 0.602. The van der Waals surface area contributed by atoms with E-state index in [0.717, 1.165) is 5.56 Å². The molecule has 1 aromatic rings. The molecule has 7 heteroatoms. The summed E-state index contributed by atoms with van der Waals surface area (Å²) in [6.07, 6.45) is 0. The van der Waals surface area contributed by atoms with Crippen LogP contribution in [0.3, 0.4) is 0 Å². The molecule has 1 aromatic carbocycles. The first-order valence-electron chi connectivity index (χ1n) is 5.86. The SMILES string of the molecule is CC(=O)Nc1ccc(C2NC(=S)NC(N)=C2C#N)cc1. The van der Waals surface area contributed by atoms with E-state index < -0.39 is 0 Å². The lowest BCUT2D eigenvalue weighted by atomic mass is 9.98. The molecular weight excluding hydrogens is 274 g/mol. The van der Waals surface area contributed by atoms with E-state index in [4.69, 9.17) is 18.0 Å². The molecule has 0 bridgehead atoms. The summed E-state index contributed by atoms with van der Waals surface area (Å²) in [7, 11) is 0. The Morgan fingerprint density at radius 2 is 2.10 bits per heavy atom. The molecule has 0 aliphatic carbocycles. The van der Waals surface area contributed by atoms with Crippen LogP contribution in [0.25, 0.3) is 0 Å². The zero-order chi connectivity index (χ0) is 14.7. The predicted molar refractivity (Wildman–Crippen MR) is 79.2 cm³/mol. The first-order valence-corrected chi connectivity index (χ1v) is 6.27. The lowest BCUT2D eigenvalue weighted by Crippen LogP contribution is -2.45. The minimum Gasteiger partial charge on any atom is -0.384 e. The smallest absolute Gasteiger partial charge is 0.221 e. The molecule has 6 nitrogen and oxygen atoms in total. The molecule has 0 saturated heterocycles. The van der Waals surface area contributed by atoms with E-state index in [1.165, 1.54) is 6.92 Å². The van der Waals surface area contributed by atoms with Crippen LogP contribution in [0.15, 0.2) is 35.7 Å². The molecule has 5 N–H and O–H groups in total. The fraction of sp³-hybridized carbons (Fsp3) is 0.154. The average molecular weight is 287 g/mol. The van der Waals surface area contributed by atoms with Crippen molar-refractivity contribution in [2.24, 2.45) is 5.73 Å². The highest BCUT2D eigenvalue weighted by Crippen LogP contribution is 2.25. The van der Waals surface area contributed by atoms with E-state index in [1.807, 2.05) is 12.1 Å². The number of hydrogen-bond donors (Lipinski definition) is 4. The van der Waals surface area contributed by atoms with Gasteiger partial charge in [-0.2, -0.15) is 5.26 Å². The summed E-state index contributed by atoms with van der Waals surface area (Å²) >= 11 is 5.04. The maximum atomic E-state index is 11.0. The number of anilines is 1. The van der Waals surface area contributed by atoms with Crippen molar-refractivity contribution in [1.82, 2.24) is 10.6 Å². The van der Waals surface area contributed by atoms with E-state index in [2.05, 4.69) is 22.0 Å². The maximum Gasteiger partial charge on any atom is 0.221 e. The topological polar surface area (TPSA) is 103 Å². The van der Waals surface area contributed by atoms with E-state index in [0.29, 0.717) is 16.4 Å². The zero-order valence-electron chi connectivity index (χ0n) is 10.7. The first kappa shape index (κ1) is 13.8. The molecule has 2 rings (SSSR count). The summed E-state index contributed by atoms with van der Waals surface area (Å²) in [5.74, 6) is 0.118. The monoisotopic (exact) mass is 287 g/mol. The number of hydrogen-bond acceptors (Lipinski definition) is 4. The zero-order valence-corrected chi connectivity index (χ0v) is 11.5. The van der Waals surface area contributed by atoms with Crippen LogP contribution < -0.4 is 21.7 Å². The minimum absolute atomic E-state index is 0.138. The summed E-state index contributed by atoms with van der Waals surface area (Å²) in [5.41, 5.74) is 7.67. The van der Waals surface area contributed by atoms with Crippen LogP contribution in [0.2, 0.25) is 0 Å². The molecule has 0 fully saturated rings. The third kappa shape index (κ3) is 2.87. The summed E-state index contributed by atoms with van der Waals surface area (Å²) in [6, 6.07) is 8.81. The van der Waals surface area contributed by atoms with Crippen molar-refractivity contribution >= 4 is 28.9 Å². The number of amides is 1. The number of nitrogens with zero attached hydrogens (tertiary/aromatic N) is 1. The van der Waals surface area contributed by atoms with E-state index in [1.54, 1.807) is 12.1 Å². The molecule has 1 aliphatic rings. The van der Waals surface area contributed by atoms with Crippen LogP contribution in [0.5, 0.6) is 0 Å². The fourth-order valence-corrected chi connectivity index (χ4v) is 2.15. The number of nitriles is 1. The Morgan fingerprint density at radius 3 is 2.65 bits per heavy atom. The van der Waals surface area contributed by atoms with Crippen molar-refractivity contribution in [3.63, 3.8) is 0 Å². The predicted octanol–water partition coefficient (Wildman–Crippen LogP) is 0.858. The molecule has 1 amide bonds. The van der Waals surface area contributed by atoms with Crippen LogP contribution in [-0.4, -0.2) is 11.0 Å². The van der Waals surface area contributed by atoms with E-state index in [-0.39, 0.29) is 17.8 Å². The summed E-state index contributed by atoms with van der Waals surface area (Å²) in [4.78, 5) is 11.0. The Bertz CT molecular complexity index is 629. The minimum atomic E-state index is -0.389. The van der Waals surface area contributed by atoms with Crippen LogP contribution in [0.1, 0.15) is 18.5 Å². The number of nitrogens with one attached hydrogen (secondary N) is 3. The molecule has 1 aliphatic heterocycles. The summed E-state index contributed by atoms with van der Waals surface area (Å²) in [6.45, 7) is 1.44. The number of benzene rings is 1. The van der Waals surface area contributed by atoms with Crippen molar-refractivity contribution in [3.05, 3.63) is 41.2 Å². The van der Waals surface area contributed by atoms with Gasteiger partial charge in [-0.05, 0) is 29.9 Å².